The van der Waals surface area contributed by atoms with Crippen LogP contribution in [0.1, 0.15) is 30.9 Å². The molecule has 1 aliphatic rings. The van der Waals surface area contributed by atoms with Gasteiger partial charge in [-0.1, -0.05) is 42.5 Å². The quantitative estimate of drug-likeness (QED) is 0.572. The number of nitrogens with one attached hydrogen (secondary N) is 1. The predicted molar refractivity (Wildman–Crippen MR) is 119 cm³/mol. The summed E-state index contributed by atoms with van der Waals surface area (Å²) in [4.78, 5) is 6.68. The van der Waals surface area contributed by atoms with E-state index in [1.54, 1.807) is 0 Å². The van der Waals surface area contributed by atoms with E-state index in [0.717, 1.165) is 50.9 Å². The lowest BCUT2D eigenvalue weighted by molar-refractivity contribution is 0.0512. The average molecular weight is 396 g/mol. The average Bonchev–Trinajstić information content (AvgIpc) is 2.77. The summed E-state index contributed by atoms with van der Waals surface area (Å²) in [6.07, 6.45) is 2.03. The Morgan fingerprint density at radius 3 is 2.41 bits per heavy atom. The van der Waals surface area contributed by atoms with Gasteiger partial charge >= 0.3 is 0 Å². The van der Waals surface area contributed by atoms with Crippen molar-refractivity contribution in [3.8, 4) is 5.75 Å². The molecule has 5 heteroatoms. The molecule has 2 aromatic rings. The van der Waals surface area contributed by atoms with E-state index in [-0.39, 0.29) is 5.41 Å². The molecule has 29 heavy (non-hydrogen) atoms. The maximum Gasteiger partial charge on any atom is 0.193 e. The molecule has 0 saturated carbocycles. The third-order valence-corrected chi connectivity index (χ3v) is 5.65. The minimum absolute atomic E-state index is 0.0788. The Labute approximate surface area is 174 Å². The fourth-order valence-corrected chi connectivity index (χ4v) is 3.96. The van der Waals surface area contributed by atoms with Gasteiger partial charge in [0.1, 0.15) is 5.75 Å². The van der Waals surface area contributed by atoms with Crippen LogP contribution in [-0.4, -0.2) is 51.3 Å². The lowest BCUT2D eigenvalue weighted by atomic mass is 9.74. The first-order chi connectivity index (χ1) is 14.2. The molecule has 0 radical (unpaired) electrons. The van der Waals surface area contributed by atoms with Gasteiger partial charge in [0, 0.05) is 45.8 Å². The summed E-state index contributed by atoms with van der Waals surface area (Å²) in [7, 11) is 3.92. The Balaban J connectivity index is 1.65. The molecule has 1 fully saturated rings. The van der Waals surface area contributed by atoms with Gasteiger partial charge in [-0.2, -0.15) is 0 Å². The van der Waals surface area contributed by atoms with Crippen LogP contribution in [0.3, 0.4) is 0 Å². The number of hydrogen-bond acceptors (Lipinski definition) is 3. The molecule has 1 heterocycles. The van der Waals surface area contributed by atoms with E-state index >= 15 is 0 Å². The summed E-state index contributed by atoms with van der Waals surface area (Å²) in [5.74, 6) is 1.81. The summed E-state index contributed by atoms with van der Waals surface area (Å²) in [6, 6.07) is 19.1. The smallest absolute Gasteiger partial charge is 0.193 e. The SMILES string of the molecule is CCOc1ccc(CN(C)C(=NC)NCC2(c3ccccc3)CCOCC2)cc1. The van der Waals surface area contributed by atoms with Gasteiger partial charge < -0.3 is 19.7 Å². The molecule has 0 unspecified atom stereocenters. The maximum atomic E-state index is 5.65. The lowest BCUT2D eigenvalue weighted by Crippen LogP contribution is -2.48. The van der Waals surface area contributed by atoms with Crippen LogP contribution in [0.25, 0.3) is 0 Å². The lowest BCUT2D eigenvalue weighted by Gasteiger charge is -2.39. The predicted octanol–water partition coefficient (Wildman–Crippen LogP) is 3.84. The van der Waals surface area contributed by atoms with Gasteiger partial charge in [0.2, 0.25) is 0 Å². The summed E-state index contributed by atoms with van der Waals surface area (Å²) in [5.41, 5.74) is 2.68. The number of ether oxygens (including phenoxy) is 2. The van der Waals surface area contributed by atoms with Crippen molar-refractivity contribution >= 4 is 5.96 Å². The van der Waals surface area contributed by atoms with Crippen molar-refractivity contribution < 1.29 is 9.47 Å². The molecule has 3 rings (SSSR count). The van der Waals surface area contributed by atoms with Crippen LogP contribution >= 0.6 is 0 Å². The van der Waals surface area contributed by atoms with Crippen molar-refractivity contribution in [3.05, 3.63) is 65.7 Å². The zero-order chi connectivity index (χ0) is 20.5. The normalized spacial score (nSPS) is 16.3. The minimum Gasteiger partial charge on any atom is -0.494 e. The number of nitrogens with zero attached hydrogens (tertiary/aromatic N) is 2. The van der Waals surface area contributed by atoms with Crippen LogP contribution < -0.4 is 10.1 Å². The van der Waals surface area contributed by atoms with E-state index in [0.29, 0.717) is 6.61 Å². The van der Waals surface area contributed by atoms with Crippen LogP contribution in [0.4, 0.5) is 0 Å². The molecule has 0 spiro atoms. The monoisotopic (exact) mass is 395 g/mol. The molecule has 1 aliphatic heterocycles. The Kier molecular flexibility index (Phi) is 7.53. The first-order valence-electron chi connectivity index (χ1n) is 10.4. The van der Waals surface area contributed by atoms with Gasteiger partial charge in [0.05, 0.1) is 6.61 Å². The molecule has 0 amide bonds. The van der Waals surface area contributed by atoms with E-state index in [2.05, 4.69) is 64.7 Å². The number of hydrogen-bond donors (Lipinski definition) is 1. The summed E-state index contributed by atoms with van der Waals surface area (Å²) in [5, 5.41) is 3.63. The third kappa shape index (κ3) is 5.51. The zero-order valence-electron chi connectivity index (χ0n) is 17.9. The maximum absolute atomic E-state index is 5.65. The summed E-state index contributed by atoms with van der Waals surface area (Å²) in [6.45, 7) is 5.92. The van der Waals surface area contributed by atoms with E-state index in [1.807, 2.05) is 26.1 Å². The number of benzene rings is 2. The third-order valence-electron chi connectivity index (χ3n) is 5.65. The number of rotatable bonds is 7. The fourth-order valence-electron chi connectivity index (χ4n) is 3.96. The molecule has 5 nitrogen and oxygen atoms in total. The highest BCUT2D eigenvalue weighted by molar-refractivity contribution is 5.79. The van der Waals surface area contributed by atoms with Crippen LogP contribution in [0.2, 0.25) is 0 Å². The standard InChI is InChI=1S/C24H33N3O2/c1-4-29-22-12-10-20(11-13-22)18-27(3)23(25-2)26-19-24(14-16-28-17-15-24)21-8-6-5-7-9-21/h5-13H,4,14-19H2,1-3H3,(H,25,26). The van der Waals surface area contributed by atoms with Crippen molar-refractivity contribution in [2.24, 2.45) is 4.99 Å². The summed E-state index contributed by atoms with van der Waals surface area (Å²) < 4.78 is 11.2. The van der Waals surface area contributed by atoms with Gasteiger partial charge in [0.25, 0.3) is 0 Å². The molecule has 0 atom stereocenters. The van der Waals surface area contributed by atoms with Crippen LogP contribution in [-0.2, 0) is 16.7 Å². The van der Waals surface area contributed by atoms with Gasteiger partial charge in [-0.15, -0.1) is 0 Å². The zero-order valence-corrected chi connectivity index (χ0v) is 17.9. The second-order valence-electron chi connectivity index (χ2n) is 7.59. The van der Waals surface area contributed by atoms with Crippen molar-refractivity contribution in [1.82, 2.24) is 10.2 Å². The second kappa shape index (κ2) is 10.3. The number of guanidine groups is 1. The van der Waals surface area contributed by atoms with E-state index in [9.17, 15) is 0 Å². The van der Waals surface area contributed by atoms with Gasteiger partial charge in [-0.25, -0.2) is 0 Å². The van der Waals surface area contributed by atoms with Crippen molar-refractivity contribution in [2.75, 3.05) is 40.5 Å². The van der Waals surface area contributed by atoms with Crippen LogP contribution in [0.15, 0.2) is 59.6 Å². The molecule has 2 aromatic carbocycles. The Morgan fingerprint density at radius 2 is 1.79 bits per heavy atom. The first-order valence-corrected chi connectivity index (χ1v) is 10.4. The van der Waals surface area contributed by atoms with Crippen LogP contribution in [0.5, 0.6) is 5.75 Å². The fraction of sp³-hybridized carbons (Fsp3) is 0.458. The molecular weight excluding hydrogens is 362 g/mol. The van der Waals surface area contributed by atoms with Gasteiger partial charge in [-0.3, -0.25) is 4.99 Å². The molecule has 156 valence electrons. The van der Waals surface area contributed by atoms with Crippen molar-refractivity contribution in [3.63, 3.8) is 0 Å². The van der Waals surface area contributed by atoms with E-state index in [4.69, 9.17) is 9.47 Å². The topological polar surface area (TPSA) is 46.1 Å². The highest BCUT2D eigenvalue weighted by atomic mass is 16.5. The molecule has 1 saturated heterocycles. The second-order valence-corrected chi connectivity index (χ2v) is 7.59. The van der Waals surface area contributed by atoms with E-state index < -0.39 is 0 Å². The van der Waals surface area contributed by atoms with Crippen molar-refractivity contribution in [2.45, 2.75) is 31.7 Å². The van der Waals surface area contributed by atoms with E-state index in [1.165, 1.54) is 11.1 Å². The molecule has 1 N–H and O–H groups in total. The molecule has 0 aliphatic carbocycles. The highest BCUT2D eigenvalue weighted by Crippen LogP contribution is 2.34. The molecular formula is C24H33N3O2. The minimum atomic E-state index is 0.0788. The summed E-state index contributed by atoms with van der Waals surface area (Å²) >= 11 is 0. The number of aliphatic imine (C=N–C) groups is 1. The van der Waals surface area contributed by atoms with Crippen LogP contribution in [0, 0.1) is 0 Å². The largest absolute Gasteiger partial charge is 0.494 e. The highest BCUT2D eigenvalue weighted by Gasteiger charge is 2.34. The Bertz CT molecular complexity index is 768. The Morgan fingerprint density at radius 1 is 1.10 bits per heavy atom. The molecule has 0 aromatic heterocycles. The Hall–Kier alpha value is -2.53. The molecule has 0 bridgehead atoms. The van der Waals surface area contributed by atoms with Gasteiger partial charge in [-0.05, 0) is 43.0 Å². The van der Waals surface area contributed by atoms with Gasteiger partial charge in [0.15, 0.2) is 5.96 Å². The van der Waals surface area contributed by atoms with Crippen molar-refractivity contribution in [1.29, 1.82) is 0 Å². The first kappa shape index (κ1) is 21.2.